The monoisotopic (exact) mass is 370 g/mol. The first-order valence-electron chi connectivity index (χ1n) is 11.4. The molecular formula is C23H46OS. The zero-order chi connectivity index (χ0) is 18.3. The summed E-state index contributed by atoms with van der Waals surface area (Å²) in [6, 6.07) is 0. The van der Waals surface area contributed by atoms with E-state index in [9.17, 15) is 4.79 Å². The Balaban J connectivity index is 2.95. The molecule has 25 heavy (non-hydrogen) atoms. The molecule has 0 aromatic rings. The minimum atomic E-state index is 0.750. The van der Waals surface area contributed by atoms with E-state index in [4.69, 9.17) is 0 Å². The molecule has 0 aliphatic rings. The van der Waals surface area contributed by atoms with Gasteiger partial charge in [-0.05, 0) is 30.8 Å². The summed E-state index contributed by atoms with van der Waals surface area (Å²) in [6.07, 6.45) is 27.2. The van der Waals surface area contributed by atoms with Crippen molar-refractivity contribution < 1.29 is 4.79 Å². The topological polar surface area (TPSA) is 17.1 Å². The predicted octanol–water partition coefficient (Wildman–Crippen LogP) is 8.35. The molecular weight excluding hydrogens is 324 g/mol. The van der Waals surface area contributed by atoms with E-state index >= 15 is 0 Å². The van der Waals surface area contributed by atoms with Crippen molar-refractivity contribution in [1.82, 2.24) is 0 Å². The summed E-state index contributed by atoms with van der Waals surface area (Å²) in [5, 5.41) is 0. The van der Waals surface area contributed by atoms with Gasteiger partial charge in [-0.25, -0.2) is 0 Å². The maximum Gasteiger partial charge on any atom is 0.119 e. The van der Waals surface area contributed by atoms with Crippen LogP contribution in [0.4, 0.5) is 0 Å². The second-order valence-corrected chi connectivity index (χ2v) is 8.80. The van der Waals surface area contributed by atoms with Gasteiger partial charge in [-0.2, -0.15) is 11.8 Å². The average Bonchev–Trinajstić information content (AvgIpc) is 2.63. The van der Waals surface area contributed by atoms with Gasteiger partial charge in [0.05, 0.1) is 0 Å². The summed E-state index contributed by atoms with van der Waals surface area (Å²) in [5.74, 6) is 2.56. The van der Waals surface area contributed by atoms with Crippen molar-refractivity contribution in [1.29, 1.82) is 0 Å². The summed E-state index contributed by atoms with van der Waals surface area (Å²) in [4.78, 5) is 10.2. The van der Waals surface area contributed by atoms with E-state index in [1.54, 1.807) is 0 Å². The first kappa shape index (κ1) is 25.0. The molecule has 0 heterocycles. The van der Waals surface area contributed by atoms with Crippen molar-refractivity contribution in [3.63, 3.8) is 0 Å². The molecule has 1 nitrogen and oxygen atoms in total. The maximum absolute atomic E-state index is 10.2. The lowest BCUT2D eigenvalue weighted by atomic mass is 10.0. The van der Waals surface area contributed by atoms with Gasteiger partial charge in [0.1, 0.15) is 6.29 Å². The molecule has 0 aliphatic heterocycles. The summed E-state index contributed by atoms with van der Waals surface area (Å²) >= 11 is 2.07. The number of unbranched alkanes of at least 4 members (excludes halogenated alkanes) is 17. The van der Waals surface area contributed by atoms with Crippen LogP contribution in [0.5, 0.6) is 0 Å². The van der Waals surface area contributed by atoms with Crippen molar-refractivity contribution in [3.05, 3.63) is 0 Å². The Labute approximate surface area is 163 Å². The van der Waals surface area contributed by atoms with Gasteiger partial charge in [0.2, 0.25) is 0 Å². The lowest BCUT2D eigenvalue weighted by molar-refractivity contribution is -0.107. The Kier molecular flexibility index (Phi) is 24.0. The van der Waals surface area contributed by atoms with Gasteiger partial charge in [-0.3, -0.25) is 0 Å². The van der Waals surface area contributed by atoms with E-state index in [1.807, 2.05) is 0 Å². The van der Waals surface area contributed by atoms with Crippen molar-refractivity contribution >= 4 is 18.0 Å². The molecule has 0 saturated heterocycles. The highest BCUT2D eigenvalue weighted by Crippen LogP contribution is 2.15. The fourth-order valence-electron chi connectivity index (χ4n) is 3.29. The van der Waals surface area contributed by atoms with E-state index < -0.39 is 0 Å². The van der Waals surface area contributed by atoms with E-state index in [2.05, 4.69) is 18.7 Å². The standard InChI is InChI=1S/C23H46OS/c1-2-3-4-5-6-7-8-9-10-11-12-13-14-15-16-19-22-25-23-20-17-18-21-24/h21H,2-20,22-23H2,1H3. The molecule has 0 aromatic heterocycles. The molecule has 0 bridgehead atoms. The van der Waals surface area contributed by atoms with Gasteiger partial charge in [0.25, 0.3) is 0 Å². The van der Waals surface area contributed by atoms with Crippen LogP contribution in [-0.2, 0) is 4.79 Å². The minimum Gasteiger partial charge on any atom is -0.303 e. The molecule has 0 rings (SSSR count). The fraction of sp³-hybridized carbons (Fsp3) is 0.957. The molecule has 0 aromatic carbocycles. The predicted molar refractivity (Wildman–Crippen MR) is 117 cm³/mol. The first-order chi connectivity index (χ1) is 12.4. The van der Waals surface area contributed by atoms with Gasteiger partial charge in [0.15, 0.2) is 0 Å². The Bertz CT molecular complexity index is 242. The highest BCUT2D eigenvalue weighted by Gasteiger charge is 1.95. The average molecular weight is 371 g/mol. The highest BCUT2D eigenvalue weighted by atomic mass is 32.2. The van der Waals surface area contributed by atoms with Crippen LogP contribution in [0.3, 0.4) is 0 Å². The molecule has 0 amide bonds. The first-order valence-corrected chi connectivity index (χ1v) is 12.6. The van der Waals surface area contributed by atoms with Crippen molar-refractivity contribution in [2.75, 3.05) is 11.5 Å². The molecule has 0 N–H and O–H groups in total. The zero-order valence-corrected chi connectivity index (χ0v) is 18.1. The lowest BCUT2D eigenvalue weighted by Gasteiger charge is -2.04. The normalized spacial score (nSPS) is 11.1. The summed E-state index contributed by atoms with van der Waals surface area (Å²) in [5.41, 5.74) is 0. The van der Waals surface area contributed by atoms with Crippen LogP contribution in [-0.4, -0.2) is 17.8 Å². The van der Waals surface area contributed by atoms with Crippen LogP contribution >= 0.6 is 11.8 Å². The maximum atomic E-state index is 10.2. The highest BCUT2D eigenvalue weighted by molar-refractivity contribution is 7.99. The second kappa shape index (κ2) is 24.0. The molecule has 0 radical (unpaired) electrons. The van der Waals surface area contributed by atoms with Crippen LogP contribution in [0.2, 0.25) is 0 Å². The molecule has 0 saturated carbocycles. The molecule has 2 heteroatoms. The smallest absolute Gasteiger partial charge is 0.119 e. The molecule has 0 unspecified atom stereocenters. The van der Waals surface area contributed by atoms with Gasteiger partial charge in [-0.15, -0.1) is 0 Å². The fourth-order valence-corrected chi connectivity index (χ4v) is 4.31. The van der Waals surface area contributed by atoms with Crippen LogP contribution in [0, 0.1) is 0 Å². The Hall–Kier alpha value is 0.0200. The number of hydrogen-bond acceptors (Lipinski definition) is 2. The molecule has 0 atom stereocenters. The van der Waals surface area contributed by atoms with E-state index in [1.165, 1.54) is 121 Å². The molecule has 150 valence electrons. The second-order valence-electron chi connectivity index (χ2n) is 7.58. The molecule has 0 fully saturated rings. The number of carbonyl (C=O) groups is 1. The van der Waals surface area contributed by atoms with Crippen molar-refractivity contribution in [2.45, 2.75) is 129 Å². The van der Waals surface area contributed by atoms with Crippen molar-refractivity contribution in [2.24, 2.45) is 0 Å². The third-order valence-corrected chi connectivity index (χ3v) is 6.16. The summed E-state index contributed by atoms with van der Waals surface area (Å²) < 4.78 is 0. The number of thioether (sulfide) groups is 1. The van der Waals surface area contributed by atoms with Gasteiger partial charge >= 0.3 is 0 Å². The quantitative estimate of drug-likeness (QED) is 0.141. The summed E-state index contributed by atoms with van der Waals surface area (Å²) in [6.45, 7) is 2.29. The van der Waals surface area contributed by atoms with Crippen LogP contribution in [0.1, 0.15) is 129 Å². The van der Waals surface area contributed by atoms with Gasteiger partial charge in [0, 0.05) is 6.42 Å². The zero-order valence-electron chi connectivity index (χ0n) is 17.2. The largest absolute Gasteiger partial charge is 0.303 e. The van der Waals surface area contributed by atoms with Crippen LogP contribution in [0.15, 0.2) is 0 Å². The van der Waals surface area contributed by atoms with E-state index in [0.717, 1.165) is 19.1 Å². The minimum absolute atomic E-state index is 0.750. The van der Waals surface area contributed by atoms with Gasteiger partial charge < -0.3 is 4.79 Å². The number of rotatable bonds is 22. The summed E-state index contributed by atoms with van der Waals surface area (Å²) in [7, 11) is 0. The lowest BCUT2D eigenvalue weighted by Crippen LogP contribution is -1.87. The van der Waals surface area contributed by atoms with Crippen LogP contribution in [0.25, 0.3) is 0 Å². The molecule has 0 spiro atoms. The van der Waals surface area contributed by atoms with Crippen LogP contribution < -0.4 is 0 Å². The molecule has 0 aliphatic carbocycles. The third kappa shape index (κ3) is 24.0. The Morgan fingerprint density at radius 1 is 0.520 bits per heavy atom. The van der Waals surface area contributed by atoms with Crippen molar-refractivity contribution in [3.8, 4) is 0 Å². The number of hydrogen-bond donors (Lipinski definition) is 0. The Morgan fingerprint density at radius 3 is 1.28 bits per heavy atom. The Morgan fingerprint density at radius 2 is 0.880 bits per heavy atom. The number of aldehydes is 1. The number of carbonyl (C=O) groups excluding carboxylic acids is 1. The van der Waals surface area contributed by atoms with E-state index in [0.29, 0.717) is 0 Å². The third-order valence-electron chi connectivity index (χ3n) is 5.00. The SMILES string of the molecule is CCCCCCCCCCCCCCCCCCSCCCCC=O. The van der Waals surface area contributed by atoms with E-state index in [-0.39, 0.29) is 0 Å². The van der Waals surface area contributed by atoms with Gasteiger partial charge in [-0.1, -0.05) is 103 Å².